The number of sulfonamides is 1. The first kappa shape index (κ1) is 20.1. The van der Waals surface area contributed by atoms with Crippen LogP contribution in [0, 0.1) is 6.92 Å². The molecule has 0 saturated carbocycles. The van der Waals surface area contributed by atoms with Gasteiger partial charge in [-0.1, -0.05) is 17.7 Å². The summed E-state index contributed by atoms with van der Waals surface area (Å²) >= 11 is 0. The molecule has 7 nitrogen and oxygen atoms in total. The Balaban J connectivity index is 0. The number of aryl methyl sites for hydroxylation is 1. The number of aliphatic carboxylic acids is 2. The van der Waals surface area contributed by atoms with Crippen LogP contribution in [0.3, 0.4) is 0 Å². The van der Waals surface area contributed by atoms with E-state index >= 15 is 0 Å². The monoisotopic (exact) mass is 325 g/mol. The first-order valence-electron chi connectivity index (χ1n) is 5.76. The quantitative estimate of drug-likeness (QED) is 0.485. The molecule has 0 unspecified atom stereocenters. The second-order valence-electron chi connectivity index (χ2n) is 4.26. The first-order valence-corrected chi connectivity index (χ1v) is 7.24. The predicted molar refractivity (Wildman–Crippen MR) is 70.9 cm³/mol. The zero-order valence-corrected chi connectivity index (χ0v) is 14.6. The molecule has 0 fully saturated rings. The molecule has 0 heterocycles. The smallest absolute Gasteiger partial charge is 1.00 e. The predicted octanol–water partition coefficient (Wildman–Crippen LogP) is -2.29. The zero-order valence-electron chi connectivity index (χ0n) is 12.7. The zero-order chi connectivity index (χ0) is 15.3. The molecule has 1 aromatic carbocycles. The van der Waals surface area contributed by atoms with Crippen molar-refractivity contribution >= 4 is 22.0 Å². The minimum atomic E-state index is -3.99. The Hall–Kier alpha value is -0.930. The Kier molecular flexibility index (Phi) is 8.12. The van der Waals surface area contributed by atoms with E-state index in [0.717, 1.165) is 5.56 Å². The molecule has 0 spiro atoms. The molecule has 0 radical (unpaired) electrons. The van der Waals surface area contributed by atoms with Gasteiger partial charge in [-0.05, 0) is 25.5 Å². The first-order chi connectivity index (χ1) is 9.22. The molecule has 0 amide bonds. The Morgan fingerprint density at radius 3 is 2.19 bits per heavy atom. The van der Waals surface area contributed by atoms with Gasteiger partial charge in [-0.2, -0.15) is 4.72 Å². The Morgan fingerprint density at radius 2 is 1.76 bits per heavy atom. The maximum atomic E-state index is 12.0. The van der Waals surface area contributed by atoms with Gasteiger partial charge < -0.3 is 11.6 Å². The molecule has 1 rings (SSSR count). The van der Waals surface area contributed by atoms with Crippen molar-refractivity contribution in [1.29, 1.82) is 0 Å². The molecule has 0 aliphatic heterocycles. The van der Waals surface area contributed by atoms with Crippen LogP contribution in [0.1, 0.15) is 19.8 Å². The molecule has 0 aliphatic carbocycles. The summed E-state index contributed by atoms with van der Waals surface area (Å²) in [7, 11) is -3.99. The molecule has 1 aromatic rings. The van der Waals surface area contributed by atoms with Crippen LogP contribution in [0.5, 0.6) is 0 Å². The summed E-state index contributed by atoms with van der Waals surface area (Å²) in [6.07, 6.45) is -0.761. The molecule has 3 N–H and O–H groups in total. The maximum Gasteiger partial charge on any atom is 1.00 e. The number of carbonyl (C=O) groups is 2. The number of hydrogen-bond acceptors (Lipinski definition) is 4. The summed E-state index contributed by atoms with van der Waals surface area (Å²) in [5.41, 5.74) is 0.865. The second-order valence-corrected chi connectivity index (χ2v) is 5.97. The summed E-state index contributed by atoms with van der Waals surface area (Å²) in [5.74, 6) is -2.60. The molecule has 1 atom stereocenters. The van der Waals surface area contributed by atoms with Gasteiger partial charge in [-0.25, -0.2) is 8.42 Å². The second kappa shape index (κ2) is 8.50. The molecule has 0 aromatic heterocycles. The van der Waals surface area contributed by atoms with E-state index in [0.29, 0.717) is 0 Å². The van der Waals surface area contributed by atoms with E-state index in [1.165, 1.54) is 12.1 Å². The number of hydrogen-bond donors (Lipinski definition) is 3. The van der Waals surface area contributed by atoms with E-state index in [9.17, 15) is 18.0 Å². The molecule has 21 heavy (non-hydrogen) atoms. The number of carboxylic acids is 2. The van der Waals surface area contributed by atoms with Gasteiger partial charge >= 0.3 is 41.5 Å². The molecule has 0 saturated heterocycles. The maximum absolute atomic E-state index is 12.0. The molecular weight excluding hydrogens is 309 g/mol. The fraction of sp³-hybridized carbons (Fsp3) is 0.333. The summed E-state index contributed by atoms with van der Waals surface area (Å²) in [6, 6.07) is 4.41. The molecule has 0 aliphatic rings. The Labute approximate surface area is 146 Å². The van der Waals surface area contributed by atoms with Crippen molar-refractivity contribution in [2.75, 3.05) is 0 Å². The van der Waals surface area contributed by atoms with E-state index in [2.05, 4.69) is 0 Å². The fourth-order valence-corrected chi connectivity index (χ4v) is 2.70. The van der Waals surface area contributed by atoms with Gasteiger partial charge in [-0.15, -0.1) is 0 Å². The molecule has 0 bridgehead atoms. The normalized spacial score (nSPS) is 12.2. The minimum absolute atomic E-state index is 0. The van der Waals surface area contributed by atoms with Gasteiger partial charge in [-0.3, -0.25) is 9.59 Å². The van der Waals surface area contributed by atoms with Crippen LogP contribution < -0.4 is 34.3 Å². The van der Waals surface area contributed by atoms with Gasteiger partial charge in [0.15, 0.2) is 0 Å². The summed E-state index contributed by atoms with van der Waals surface area (Å²) in [4.78, 5) is 21.3. The Morgan fingerprint density at radius 1 is 1.24 bits per heavy atom. The van der Waals surface area contributed by atoms with E-state index in [-0.39, 0.29) is 42.3 Å². The van der Waals surface area contributed by atoms with Crippen molar-refractivity contribution in [3.05, 3.63) is 29.8 Å². The molecule has 9 heteroatoms. The van der Waals surface area contributed by atoms with Gasteiger partial charge in [0.2, 0.25) is 10.0 Å². The largest absolute Gasteiger partial charge is 1.00 e. The Bertz CT molecular complexity index is 605. The standard InChI is InChI=1S/C12H15NO6S.Na.H/c1-8-2-4-9(5-3-8)20(18,19)13-10(12(16)17)6-7-11(14)15;;/h2-5,10,13H,6-7H2,1H3,(H,14,15)(H,16,17);;/q;+1;-1/t10-;;/m0../s1. The van der Waals surface area contributed by atoms with Crippen LogP contribution in [0.4, 0.5) is 0 Å². The van der Waals surface area contributed by atoms with E-state index < -0.39 is 34.4 Å². The van der Waals surface area contributed by atoms with Crippen molar-refractivity contribution in [3.8, 4) is 0 Å². The SMILES string of the molecule is Cc1ccc(S(=O)(=O)N[C@@H](CCC(=O)O)C(=O)O)cc1.[H-].[Na+]. The van der Waals surface area contributed by atoms with E-state index in [4.69, 9.17) is 10.2 Å². The molecule has 112 valence electrons. The van der Waals surface area contributed by atoms with Crippen LogP contribution in [0.25, 0.3) is 0 Å². The fourth-order valence-electron chi connectivity index (χ4n) is 1.47. The average molecular weight is 325 g/mol. The molecular formula is C12H16NNaO6S. The van der Waals surface area contributed by atoms with Crippen molar-refractivity contribution in [2.45, 2.75) is 30.7 Å². The van der Waals surface area contributed by atoms with Gasteiger partial charge in [0.1, 0.15) is 6.04 Å². The van der Waals surface area contributed by atoms with Crippen LogP contribution >= 0.6 is 0 Å². The average Bonchev–Trinajstić information content (AvgIpc) is 2.34. The van der Waals surface area contributed by atoms with Crippen LogP contribution in [-0.4, -0.2) is 36.6 Å². The van der Waals surface area contributed by atoms with Gasteiger partial charge in [0.05, 0.1) is 4.90 Å². The van der Waals surface area contributed by atoms with Crippen LogP contribution in [-0.2, 0) is 19.6 Å². The third-order valence-electron chi connectivity index (χ3n) is 2.57. The van der Waals surface area contributed by atoms with Crippen molar-refractivity contribution in [1.82, 2.24) is 4.72 Å². The number of benzene rings is 1. The topological polar surface area (TPSA) is 121 Å². The number of rotatable bonds is 7. The van der Waals surface area contributed by atoms with Gasteiger partial charge in [0.25, 0.3) is 0 Å². The summed E-state index contributed by atoms with van der Waals surface area (Å²) < 4.78 is 26.0. The van der Waals surface area contributed by atoms with Crippen LogP contribution in [0.2, 0.25) is 0 Å². The van der Waals surface area contributed by atoms with E-state index in [1.54, 1.807) is 19.1 Å². The minimum Gasteiger partial charge on any atom is -1.00 e. The number of nitrogens with one attached hydrogen (secondary N) is 1. The van der Waals surface area contributed by atoms with Crippen LogP contribution in [0.15, 0.2) is 29.2 Å². The van der Waals surface area contributed by atoms with Gasteiger partial charge in [0, 0.05) is 6.42 Å². The van der Waals surface area contributed by atoms with Crippen molar-refractivity contribution in [2.24, 2.45) is 0 Å². The number of carboxylic acid groups (broad SMARTS) is 2. The third kappa shape index (κ3) is 6.58. The van der Waals surface area contributed by atoms with Crippen molar-refractivity contribution < 1.29 is 59.2 Å². The van der Waals surface area contributed by atoms with E-state index in [1.807, 2.05) is 4.72 Å². The third-order valence-corrected chi connectivity index (χ3v) is 4.06. The summed E-state index contributed by atoms with van der Waals surface area (Å²) in [6.45, 7) is 1.79. The van der Waals surface area contributed by atoms with Crippen molar-refractivity contribution in [3.63, 3.8) is 0 Å². The summed E-state index contributed by atoms with van der Waals surface area (Å²) in [5, 5.41) is 17.4.